The molecule has 0 aliphatic rings. The van der Waals surface area contributed by atoms with Gasteiger partial charge in [0.25, 0.3) is 0 Å². The van der Waals surface area contributed by atoms with E-state index in [2.05, 4.69) is 50.0 Å². The number of hydrogen-bond donors (Lipinski definition) is 1. The molecule has 0 unspecified atom stereocenters. The average Bonchev–Trinajstić information content (AvgIpc) is 2.69. The highest BCUT2D eigenvalue weighted by molar-refractivity contribution is 5.61. The molecule has 1 heterocycles. The lowest BCUT2D eigenvalue weighted by molar-refractivity contribution is 0.477. The molecule has 3 nitrogen and oxygen atoms in total. The Bertz CT molecular complexity index is 533. The maximum atomic E-state index is 5.67. The van der Waals surface area contributed by atoms with E-state index >= 15 is 0 Å². The molecule has 0 fully saturated rings. The molecule has 0 atom stereocenters. The van der Waals surface area contributed by atoms with E-state index in [4.69, 9.17) is 10.2 Å². The van der Waals surface area contributed by atoms with Crippen molar-refractivity contribution >= 4 is 0 Å². The van der Waals surface area contributed by atoms with Gasteiger partial charge in [-0.05, 0) is 11.0 Å². The maximum absolute atomic E-state index is 5.67. The lowest BCUT2D eigenvalue weighted by atomic mass is 9.86. The summed E-state index contributed by atoms with van der Waals surface area (Å²) in [6.45, 7) is 8.82. The second-order valence-electron chi connectivity index (χ2n) is 5.54. The van der Waals surface area contributed by atoms with Crippen molar-refractivity contribution in [2.24, 2.45) is 5.73 Å². The molecule has 0 saturated carbocycles. The monoisotopic (exact) mass is 244 g/mol. The first kappa shape index (κ1) is 12.8. The summed E-state index contributed by atoms with van der Waals surface area (Å²) in [4.78, 5) is 4.40. The molecule has 3 heteroatoms. The fourth-order valence-corrected chi connectivity index (χ4v) is 1.96. The van der Waals surface area contributed by atoms with Crippen molar-refractivity contribution in [1.82, 2.24) is 4.98 Å². The number of rotatable bonds is 2. The van der Waals surface area contributed by atoms with Crippen molar-refractivity contribution in [2.45, 2.75) is 39.7 Å². The second-order valence-corrected chi connectivity index (χ2v) is 5.54. The highest BCUT2D eigenvalue weighted by atomic mass is 16.4. The summed E-state index contributed by atoms with van der Waals surface area (Å²) >= 11 is 0. The van der Waals surface area contributed by atoms with Crippen LogP contribution in [0, 0.1) is 6.92 Å². The van der Waals surface area contributed by atoms with Crippen LogP contribution in [0.4, 0.5) is 0 Å². The summed E-state index contributed by atoms with van der Waals surface area (Å²) in [5.74, 6) is 1.40. The van der Waals surface area contributed by atoms with Crippen molar-refractivity contribution in [1.29, 1.82) is 0 Å². The van der Waals surface area contributed by atoms with Crippen LogP contribution in [0.25, 0.3) is 11.3 Å². The molecule has 0 aliphatic carbocycles. The number of hydrogen-bond acceptors (Lipinski definition) is 3. The average molecular weight is 244 g/mol. The van der Waals surface area contributed by atoms with E-state index < -0.39 is 0 Å². The summed E-state index contributed by atoms with van der Waals surface area (Å²) in [5.41, 5.74) is 9.05. The molecule has 2 N–H and O–H groups in total. The molecule has 2 rings (SSSR count). The van der Waals surface area contributed by atoms with Crippen LogP contribution >= 0.6 is 0 Å². The molecule has 96 valence electrons. The topological polar surface area (TPSA) is 52.0 Å². The molecule has 0 amide bonds. The molecule has 1 aromatic heterocycles. The lowest BCUT2D eigenvalue weighted by Crippen LogP contribution is -2.10. The Kier molecular flexibility index (Phi) is 3.26. The molecule has 18 heavy (non-hydrogen) atoms. The van der Waals surface area contributed by atoms with E-state index in [1.807, 2.05) is 6.92 Å². The van der Waals surface area contributed by atoms with E-state index in [0.29, 0.717) is 12.4 Å². The van der Waals surface area contributed by atoms with Gasteiger partial charge in [-0.2, -0.15) is 0 Å². The number of aryl methyl sites for hydroxylation is 1. The standard InChI is InChI=1S/C15H20N2O/c1-10-17-14(13(9-16)18-10)11-5-7-12(8-6-11)15(2,3)4/h5-8H,9,16H2,1-4H3. The van der Waals surface area contributed by atoms with Gasteiger partial charge in [0.15, 0.2) is 5.89 Å². The van der Waals surface area contributed by atoms with Crippen LogP contribution in [0.15, 0.2) is 28.7 Å². The fraction of sp³-hybridized carbons (Fsp3) is 0.400. The molecular formula is C15H20N2O. The minimum atomic E-state index is 0.162. The molecule has 1 aromatic carbocycles. The Hall–Kier alpha value is -1.61. The van der Waals surface area contributed by atoms with E-state index in [1.165, 1.54) is 5.56 Å². The van der Waals surface area contributed by atoms with Gasteiger partial charge in [-0.1, -0.05) is 45.0 Å². The van der Waals surface area contributed by atoms with Gasteiger partial charge < -0.3 is 10.2 Å². The highest BCUT2D eigenvalue weighted by Crippen LogP contribution is 2.27. The molecule has 0 radical (unpaired) electrons. The lowest BCUT2D eigenvalue weighted by Gasteiger charge is -2.18. The Morgan fingerprint density at radius 2 is 1.78 bits per heavy atom. The quantitative estimate of drug-likeness (QED) is 0.880. The van der Waals surface area contributed by atoms with Gasteiger partial charge in [-0.15, -0.1) is 0 Å². The number of aromatic nitrogens is 1. The van der Waals surface area contributed by atoms with Crippen molar-refractivity contribution < 1.29 is 4.42 Å². The predicted molar refractivity (Wildman–Crippen MR) is 73.3 cm³/mol. The zero-order valence-electron chi connectivity index (χ0n) is 11.4. The summed E-state index contributed by atoms with van der Waals surface area (Å²) in [6, 6.07) is 8.44. The Labute approximate surface area is 108 Å². The smallest absolute Gasteiger partial charge is 0.191 e. The summed E-state index contributed by atoms with van der Waals surface area (Å²) in [7, 11) is 0. The number of oxazole rings is 1. The van der Waals surface area contributed by atoms with Crippen molar-refractivity contribution in [3.05, 3.63) is 41.5 Å². The Balaban J connectivity index is 2.40. The van der Waals surface area contributed by atoms with Gasteiger partial charge in [0.05, 0.1) is 6.54 Å². The van der Waals surface area contributed by atoms with Crippen molar-refractivity contribution in [3.8, 4) is 11.3 Å². The second kappa shape index (κ2) is 4.58. The van der Waals surface area contributed by atoms with Crippen LogP contribution in [0.3, 0.4) is 0 Å². The molecule has 0 spiro atoms. The largest absolute Gasteiger partial charge is 0.444 e. The van der Waals surface area contributed by atoms with Crippen LogP contribution < -0.4 is 5.73 Å². The first-order chi connectivity index (χ1) is 8.41. The Morgan fingerprint density at radius 3 is 2.28 bits per heavy atom. The summed E-state index contributed by atoms with van der Waals surface area (Å²) in [6.07, 6.45) is 0. The summed E-state index contributed by atoms with van der Waals surface area (Å²) < 4.78 is 5.48. The van der Waals surface area contributed by atoms with Crippen LogP contribution in [0.2, 0.25) is 0 Å². The van der Waals surface area contributed by atoms with Crippen molar-refractivity contribution in [3.63, 3.8) is 0 Å². The molecule has 0 aliphatic heterocycles. The van der Waals surface area contributed by atoms with Crippen LogP contribution in [-0.4, -0.2) is 4.98 Å². The van der Waals surface area contributed by atoms with Gasteiger partial charge in [-0.25, -0.2) is 4.98 Å². The first-order valence-electron chi connectivity index (χ1n) is 6.19. The molecule has 2 aromatic rings. The van der Waals surface area contributed by atoms with Crippen LogP contribution in [0.5, 0.6) is 0 Å². The van der Waals surface area contributed by atoms with Gasteiger partial charge in [0, 0.05) is 12.5 Å². The minimum Gasteiger partial charge on any atom is -0.444 e. The molecular weight excluding hydrogens is 224 g/mol. The number of nitrogens with two attached hydrogens (primary N) is 1. The van der Waals surface area contributed by atoms with Crippen LogP contribution in [0.1, 0.15) is 38.0 Å². The van der Waals surface area contributed by atoms with E-state index in [1.54, 1.807) is 0 Å². The third-order valence-electron chi connectivity index (χ3n) is 3.01. The SMILES string of the molecule is Cc1nc(-c2ccc(C(C)(C)C)cc2)c(CN)o1. The van der Waals surface area contributed by atoms with E-state index in [-0.39, 0.29) is 5.41 Å². The number of nitrogens with zero attached hydrogens (tertiary/aromatic N) is 1. The summed E-state index contributed by atoms with van der Waals surface area (Å²) in [5, 5.41) is 0. The number of benzene rings is 1. The zero-order chi connectivity index (χ0) is 13.3. The Morgan fingerprint density at radius 1 is 1.17 bits per heavy atom. The zero-order valence-corrected chi connectivity index (χ0v) is 11.4. The molecule has 0 saturated heterocycles. The van der Waals surface area contributed by atoms with Gasteiger partial charge >= 0.3 is 0 Å². The van der Waals surface area contributed by atoms with Crippen molar-refractivity contribution in [2.75, 3.05) is 0 Å². The highest BCUT2D eigenvalue weighted by Gasteiger charge is 2.15. The third kappa shape index (κ3) is 2.46. The van der Waals surface area contributed by atoms with E-state index in [9.17, 15) is 0 Å². The van der Waals surface area contributed by atoms with Gasteiger partial charge in [0.1, 0.15) is 11.5 Å². The maximum Gasteiger partial charge on any atom is 0.191 e. The first-order valence-corrected chi connectivity index (χ1v) is 6.19. The normalized spacial score (nSPS) is 11.8. The fourth-order valence-electron chi connectivity index (χ4n) is 1.96. The van der Waals surface area contributed by atoms with Crippen LogP contribution in [-0.2, 0) is 12.0 Å². The predicted octanol–water partition coefficient (Wildman–Crippen LogP) is 3.41. The molecule has 0 bridgehead atoms. The van der Waals surface area contributed by atoms with Gasteiger partial charge in [0.2, 0.25) is 0 Å². The van der Waals surface area contributed by atoms with Gasteiger partial charge in [-0.3, -0.25) is 0 Å². The third-order valence-corrected chi connectivity index (χ3v) is 3.01. The van der Waals surface area contributed by atoms with E-state index in [0.717, 1.165) is 17.0 Å². The minimum absolute atomic E-state index is 0.162.